The lowest BCUT2D eigenvalue weighted by molar-refractivity contribution is -0.146. The Morgan fingerprint density at radius 1 is 1.19 bits per heavy atom. The molecule has 0 aromatic rings. The third-order valence-electron chi connectivity index (χ3n) is 1.97. The highest BCUT2D eigenvalue weighted by atomic mass is 16.4. The second-order valence-electron chi connectivity index (χ2n) is 3.56. The Kier molecular flexibility index (Phi) is 5.44. The summed E-state index contributed by atoms with van der Waals surface area (Å²) in [6.45, 7) is 2.59. The van der Waals surface area contributed by atoms with Crippen LogP contribution in [0.15, 0.2) is 0 Å². The number of aliphatic hydroxyl groups excluding tert-OH is 1. The standard InChI is InChI=1S/C9H15NO6/c1-4(3-6(12)13)8(14)10-7(5(2)11)9(15)16/h4-5,7,11H,3H2,1-2H3,(H,10,14)(H,12,13)(H,15,16)/t4?,5-,7+/m1/s1. The summed E-state index contributed by atoms with van der Waals surface area (Å²) in [6, 6.07) is -1.43. The van der Waals surface area contributed by atoms with Crippen LogP contribution in [0, 0.1) is 5.92 Å². The molecular weight excluding hydrogens is 218 g/mol. The fraction of sp³-hybridized carbons (Fsp3) is 0.667. The van der Waals surface area contributed by atoms with Crippen molar-refractivity contribution in [1.29, 1.82) is 0 Å². The molecular formula is C9H15NO6. The van der Waals surface area contributed by atoms with E-state index in [2.05, 4.69) is 5.32 Å². The number of aliphatic carboxylic acids is 2. The van der Waals surface area contributed by atoms with Gasteiger partial charge in [-0.15, -0.1) is 0 Å². The average molecular weight is 233 g/mol. The van der Waals surface area contributed by atoms with Crippen molar-refractivity contribution in [3.63, 3.8) is 0 Å². The summed E-state index contributed by atoms with van der Waals surface area (Å²) in [5.41, 5.74) is 0. The van der Waals surface area contributed by atoms with Gasteiger partial charge in [0.2, 0.25) is 5.91 Å². The van der Waals surface area contributed by atoms with Crippen molar-refractivity contribution in [2.45, 2.75) is 32.4 Å². The van der Waals surface area contributed by atoms with E-state index in [9.17, 15) is 14.4 Å². The Morgan fingerprint density at radius 2 is 1.69 bits per heavy atom. The number of aliphatic hydroxyl groups is 1. The summed E-state index contributed by atoms with van der Waals surface area (Å²) in [4.78, 5) is 32.3. The molecule has 0 spiro atoms. The summed E-state index contributed by atoms with van der Waals surface area (Å²) in [5.74, 6) is -4.08. The molecule has 0 rings (SSSR count). The molecule has 0 aromatic carbocycles. The smallest absolute Gasteiger partial charge is 0.328 e. The highest BCUT2D eigenvalue weighted by molar-refractivity contribution is 5.87. The zero-order chi connectivity index (χ0) is 12.9. The Labute approximate surface area is 92.1 Å². The van der Waals surface area contributed by atoms with Gasteiger partial charge >= 0.3 is 11.9 Å². The number of nitrogens with one attached hydrogen (secondary N) is 1. The van der Waals surface area contributed by atoms with Crippen molar-refractivity contribution in [2.75, 3.05) is 0 Å². The summed E-state index contributed by atoms with van der Waals surface area (Å²) in [5, 5.41) is 28.3. The lowest BCUT2D eigenvalue weighted by Crippen LogP contribution is -2.49. The molecule has 3 atom stereocenters. The Balaban J connectivity index is 4.40. The predicted molar refractivity (Wildman–Crippen MR) is 52.7 cm³/mol. The maximum atomic E-state index is 11.3. The van der Waals surface area contributed by atoms with E-state index in [1.54, 1.807) is 0 Å². The molecule has 7 heteroatoms. The minimum Gasteiger partial charge on any atom is -0.481 e. The van der Waals surface area contributed by atoms with Crippen LogP contribution in [0.4, 0.5) is 0 Å². The molecule has 1 amide bonds. The van der Waals surface area contributed by atoms with E-state index in [-0.39, 0.29) is 0 Å². The van der Waals surface area contributed by atoms with E-state index in [4.69, 9.17) is 15.3 Å². The molecule has 0 fully saturated rings. The van der Waals surface area contributed by atoms with E-state index in [1.807, 2.05) is 0 Å². The monoisotopic (exact) mass is 233 g/mol. The SMILES string of the molecule is CC(CC(=O)O)C(=O)N[C@H](C(=O)O)[C@@H](C)O. The van der Waals surface area contributed by atoms with E-state index in [0.29, 0.717) is 0 Å². The molecule has 7 nitrogen and oxygen atoms in total. The van der Waals surface area contributed by atoms with Gasteiger partial charge in [-0.05, 0) is 6.92 Å². The van der Waals surface area contributed by atoms with Crippen molar-refractivity contribution >= 4 is 17.8 Å². The van der Waals surface area contributed by atoms with Crippen LogP contribution in [-0.4, -0.2) is 45.3 Å². The van der Waals surface area contributed by atoms with Crippen LogP contribution in [0.25, 0.3) is 0 Å². The molecule has 0 heterocycles. The Hall–Kier alpha value is -1.63. The lowest BCUT2D eigenvalue weighted by Gasteiger charge is -2.19. The highest BCUT2D eigenvalue weighted by Gasteiger charge is 2.27. The van der Waals surface area contributed by atoms with Gasteiger partial charge in [0.25, 0.3) is 0 Å². The lowest BCUT2D eigenvalue weighted by atomic mass is 10.1. The number of rotatable bonds is 6. The van der Waals surface area contributed by atoms with Gasteiger partial charge in [-0.1, -0.05) is 6.92 Å². The van der Waals surface area contributed by atoms with Crippen LogP contribution in [0.1, 0.15) is 20.3 Å². The highest BCUT2D eigenvalue weighted by Crippen LogP contribution is 2.03. The third-order valence-corrected chi connectivity index (χ3v) is 1.97. The van der Waals surface area contributed by atoms with Crippen molar-refractivity contribution in [3.05, 3.63) is 0 Å². The molecule has 0 saturated heterocycles. The van der Waals surface area contributed by atoms with Crippen LogP contribution in [0.5, 0.6) is 0 Å². The van der Waals surface area contributed by atoms with Gasteiger partial charge < -0.3 is 20.6 Å². The van der Waals surface area contributed by atoms with Gasteiger partial charge in [-0.25, -0.2) is 4.79 Å². The summed E-state index contributed by atoms with van der Waals surface area (Å²) in [6.07, 6.45) is -1.64. The van der Waals surface area contributed by atoms with Crippen LogP contribution < -0.4 is 5.32 Å². The Morgan fingerprint density at radius 3 is 2.00 bits per heavy atom. The van der Waals surface area contributed by atoms with Gasteiger partial charge in [0.05, 0.1) is 12.5 Å². The predicted octanol–water partition coefficient (Wildman–Crippen LogP) is -0.953. The van der Waals surface area contributed by atoms with E-state index in [0.717, 1.165) is 0 Å². The molecule has 0 saturated carbocycles. The first-order valence-corrected chi connectivity index (χ1v) is 4.68. The van der Waals surface area contributed by atoms with Crippen LogP contribution in [0.3, 0.4) is 0 Å². The first-order chi connectivity index (χ1) is 7.25. The van der Waals surface area contributed by atoms with Crippen molar-refractivity contribution in [1.82, 2.24) is 5.32 Å². The second kappa shape index (κ2) is 6.06. The fourth-order valence-corrected chi connectivity index (χ4v) is 1.04. The van der Waals surface area contributed by atoms with Gasteiger partial charge in [0.15, 0.2) is 6.04 Å². The molecule has 1 unspecified atom stereocenters. The quantitative estimate of drug-likeness (QED) is 0.468. The van der Waals surface area contributed by atoms with Crippen LogP contribution in [0.2, 0.25) is 0 Å². The molecule has 0 radical (unpaired) electrons. The molecule has 92 valence electrons. The van der Waals surface area contributed by atoms with Crippen molar-refractivity contribution in [3.8, 4) is 0 Å². The van der Waals surface area contributed by atoms with Gasteiger partial charge in [0, 0.05) is 5.92 Å². The van der Waals surface area contributed by atoms with E-state index in [1.165, 1.54) is 13.8 Å². The number of carboxylic acids is 2. The number of amides is 1. The maximum Gasteiger partial charge on any atom is 0.328 e. The first-order valence-electron chi connectivity index (χ1n) is 4.68. The number of hydrogen-bond acceptors (Lipinski definition) is 4. The fourth-order valence-electron chi connectivity index (χ4n) is 1.04. The Bertz CT molecular complexity index is 288. The van der Waals surface area contributed by atoms with Gasteiger partial charge in [0.1, 0.15) is 0 Å². The average Bonchev–Trinajstić information content (AvgIpc) is 2.11. The molecule has 0 bridgehead atoms. The van der Waals surface area contributed by atoms with Gasteiger partial charge in [-0.3, -0.25) is 9.59 Å². The summed E-state index contributed by atoms with van der Waals surface area (Å²) >= 11 is 0. The molecule has 4 N–H and O–H groups in total. The second-order valence-corrected chi connectivity index (χ2v) is 3.56. The van der Waals surface area contributed by atoms with Crippen LogP contribution >= 0.6 is 0 Å². The maximum absolute atomic E-state index is 11.3. The number of carbonyl (C=O) groups is 3. The van der Waals surface area contributed by atoms with E-state index < -0.39 is 42.3 Å². The number of carbonyl (C=O) groups excluding carboxylic acids is 1. The zero-order valence-electron chi connectivity index (χ0n) is 9.01. The topological polar surface area (TPSA) is 124 Å². The largest absolute Gasteiger partial charge is 0.481 e. The van der Waals surface area contributed by atoms with Crippen molar-refractivity contribution < 1.29 is 29.7 Å². The summed E-state index contributed by atoms with van der Waals surface area (Å²) in [7, 11) is 0. The zero-order valence-corrected chi connectivity index (χ0v) is 9.01. The molecule has 0 aromatic heterocycles. The normalized spacial score (nSPS) is 15.9. The summed E-state index contributed by atoms with van der Waals surface area (Å²) < 4.78 is 0. The molecule has 0 aliphatic carbocycles. The third kappa shape index (κ3) is 4.74. The minimum atomic E-state index is -1.43. The minimum absolute atomic E-state index is 0.391. The van der Waals surface area contributed by atoms with E-state index >= 15 is 0 Å². The molecule has 0 aliphatic rings. The number of hydrogen-bond donors (Lipinski definition) is 4. The molecule has 0 aliphatic heterocycles. The first kappa shape index (κ1) is 14.4. The number of carboxylic acid groups (broad SMARTS) is 2. The van der Waals surface area contributed by atoms with Crippen LogP contribution in [-0.2, 0) is 14.4 Å². The molecule has 16 heavy (non-hydrogen) atoms. The van der Waals surface area contributed by atoms with Crippen molar-refractivity contribution in [2.24, 2.45) is 5.92 Å². The van der Waals surface area contributed by atoms with Gasteiger partial charge in [-0.2, -0.15) is 0 Å².